The van der Waals surface area contributed by atoms with Crippen LogP contribution in [0.25, 0.3) is 0 Å². The van der Waals surface area contributed by atoms with Crippen LogP contribution in [0.15, 0.2) is 12.1 Å². The second kappa shape index (κ2) is 8.50. The van der Waals surface area contributed by atoms with E-state index < -0.39 is 24.0 Å². The maximum atomic E-state index is 11.8. The number of esters is 1. The second-order valence-corrected chi connectivity index (χ2v) is 5.94. The Labute approximate surface area is 136 Å². The highest BCUT2D eigenvalue weighted by molar-refractivity contribution is 7.18. The van der Waals surface area contributed by atoms with Gasteiger partial charge in [0, 0.05) is 13.5 Å². The number of ether oxygens (including phenoxy) is 1. The van der Waals surface area contributed by atoms with E-state index in [1.807, 2.05) is 5.32 Å². The summed E-state index contributed by atoms with van der Waals surface area (Å²) in [4.78, 5) is 46.2. The molecule has 0 fully saturated rings. The van der Waals surface area contributed by atoms with E-state index in [9.17, 15) is 19.2 Å². The van der Waals surface area contributed by atoms with E-state index in [0.717, 1.165) is 11.3 Å². The fraction of sp³-hybridized carbons (Fsp3) is 0.385. The van der Waals surface area contributed by atoms with Crippen LogP contribution in [0, 0.1) is 0 Å². The van der Waals surface area contributed by atoms with E-state index in [2.05, 4.69) is 5.32 Å². The molecular weight excluding hydrogens is 332 g/mol. The number of thiophene rings is 1. The van der Waals surface area contributed by atoms with Gasteiger partial charge in [0.2, 0.25) is 0 Å². The molecule has 3 amide bonds. The molecule has 1 rings (SSSR count). The molecule has 0 saturated carbocycles. The van der Waals surface area contributed by atoms with Crippen LogP contribution >= 0.6 is 22.9 Å². The van der Waals surface area contributed by atoms with Crippen LogP contribution in [0.1, 0.15) is 29.4 Å². The van der Waals surface area contributed by atoms with Gasteiger partial charge in [0.15, 0.2) is 11.9 Å². The van der Waals surface area contributed by atoms with Gasteiger partial charge in [-0.05, 0) is 19.1 Å². The van der Waals surface area contributed by atoms with Crippen LogP contribution in [0.2, 0.25) is 4.34 Å². The molecule has 22 heavy (non-hydrogen) atoms. The highest BCUT2D eigenvalue weighted by atomic mass is 35.5. The number of amides is 3. The summed E-state index contributed by atoms with van der Waals surface area (Å²) >= 11 is 6.85. The zero-order valence-corrected chi connectivity index (χ0v) is 13.5. The molecule has 0 aliphatic carbocycles. The Morgan fingerprint density at radius 3 is 2.50 bits per heavy atom. The maximum absolute atomic E-state index is 11.8. The van der Waals surface area contributed by atoms with Crippen LogP contribution in [0.5, 0.6) is 0 Å². The van der Waals surface area contributed by atoms with Gasteiger partial charge in [0.1, 0.15) is 0 Å². The number of nitrogens with one attached hydrogen (secondary N) is 2. The van der Waals surface area contributed by atoms with E-state index in [-0.39, 0.29) is 18.6 Å². The largest absolute Gasteiger partial charge is 0.453 e. The zero-order chi connectivity index (χ0) is 16.7. The Hall–Kier alpha value is -1.93. The minimum absolute atomic E-state index is 0.0422. The number of carbonyl (C=O) groups is 4. The van der Waals surface area contributed by atoms with Crippen molar-refractivity contribution in [2.45, 2.75) is 25.9 Å². The van der Waals surface area contributed by atoms with Crippen LogP contribution < -0.4 is 10.6 Å². The average molecular weight is 347 g/mol. The predicted molar refractivity (Wildman–Crippen MR) is 81.0 cm³/mol. The predicted octanol–water partition coefficient (Wildman–Crippen LogP) is 1.75. The van der Waals surface area contributed by atoms with Crippen molar-refractivity contribution in [2.24, 2.45) is 0 Å². The lowest BCUT2D eigenvalue weighted by Crippen LogP contribution is -2.43. The van der Waals surface area contributed by atoms with Crippen LogP contribution in [-0.2, 0) is 14.3 Å². The molecule has 0 saturated heterocycles. The summed E-state index contributed by atoms with van der Waals surface area (Å²) in [5, 5.41) is 4.18. The first-order valence-corrected chi connectivity index (χ1v) is 7.53. The van der Waals surface area contributed by atoms with Crippen molar-refractivity contribution in [3.63, 3.8) is 0 Å². The number of imide groups is 1. The summed E-state index contributed by atoms with van der Waals surface area (Å²) in [5.74, 6) is -1.67. The normalized spacial score (nSPS) is 11.4. The fourth-order valence-corrected chi connectivity index (χ4v) is 2.40. The molecule has 0 spiro atoms. The van der Waals surface area contributed by atoms with Gasteiger partial charge in [-0.25, -0.2) is 4.79 Å². The third-order valence-corrected chi connectivity index (χ3v) is 3.82. The molecule has 0 aromatic carbocycles. The average Bonchev–Trinajstić information content (AvgIpc) is 2.91. The van der Waals surface area contributed by atoms with Gasteiger partial charge in [0.05, 0.1) is 15.6 Å². The second-order valence-electron chi connectivity index (χ2n) is 4.23. The van der Waals surface area contributed by atoms with E-state index in [4.69, 9.17) is 16.3 Å². The number of carbonyl (C=O) groups excluding carboxylic acids is 4. The Kier molecular flexibility index (Phi) is 7.00. The highest BCUT2D eigenvalue weighted by Crippen LogP contribution is 2.22. The number of hydrogen-bond donors (Lipinski definition) is 2. The summed E-state index contributed by atoms with van der Waals surface area (Å²) in [6.07, 6.45) is -1.33. The van der Waals surface area contributed by atoms with Crippen molar-refractivity contribution in [3.05, 3.63) is 21.3 Å². The van der Waals surface area contributed by atoms with Crippen LogP contribution in [0.4, 0.5) is 4.79 Å². The van der Waals surface area contributed by atoms with Gasteiger partial charge in [0.25, 0.3) is 5.91 Å². The molecular formula is C13H15ClN2O5S. The number of rotatable bonds is 6. The van der Waals surface area contributed by atoms with Gasteiger partial charge >= 0.3 is 12.0 Å². The van der Waals surface area contributed by atoms with E-state index >= 15 is 0 Å². The van der Waals surface area contributed by atoms with Crippen molar-refractivity contribution in [1.29, 1.82) is 0 Å². The third-order valence-electron chi connectivity index (χ3n) is 2.55. The van der Waals surface area contributed by atoms with Crippen molar-refractivity contribution >= 4 is 46.6 Å². The fourth-order valence-electron chi connectivity index (χ4n) is 1.39. The van der Waals surface area contributed by atoms with Crippen LogP contribution in [0.3, 0.4) is 0 Å². The van der Waals surface area contributed by atoms with Crippen molar-refractivity contribution < 1.29 is 23.9 Å². The Morgan fingerprint density at radius 2 is 1.95 bits per heavy atom. The summed E-state index contributed by atoms with van der Waals surface area (Å²) < 4.78 is 5.33. The molecule has 0 aliphatic rings. The number of ketones is 1. The monoisotopic (exact) mass is 346 g/mol. The molecule has 0 unspecified atom stereocenters. The van der Waals surface area contributed by atoms with E-state index in [0.29, 0.717) is 9.21 Å². The smallest absolute Gasteiger partial charge is 0.321 e. The first-order valence-electron chi connectivity index (χ1n) is 6.34. The number of halogens is 1. The number of Topliss-reactive ketones (excluding diaryl/α,β-unsaturated/α-hetero) is 1. The lowest BCUT2D eigenvalue weighted by molar-refractivity contribution is -0.154. The quantitative estimate of drug-likeness (QED) is 0.603. The maximum Gasteiger partial charge on any atom is 0.321 e. The molecule has 9 heteroatoms. The van der Waals surface area contributed by atoms with Crippen LogP contribution in [-0.4, -0.2) is 36.8 Å². The summed E-state index contributed by atoms with van der Waals surface area (Å²) in [7, 11) is 1.35. The van der Waals surface area contributed by atoms with Crippen molar-refractivity contribution in [1.82, 2.24) is 10.6 Å². The van der Waals surface area contributed by atoms with Gasteiger partial charge in [-0.2, -0.15) is 0 Å². The van der Waals surface area contributed by atoms with Gasteiger partial charge in [-0.1, -0.05) is 11.6 Å². The number of hydrogen-bond acceptors (Lipinski definition) is 6. The highest BCUT2D eigenvalue weighted by Gasteiger charge is 2.20. The molecule has 0 bridgehead atoms. The number of urea groups is 1. The molecule has 7 nitrogen and oxygen atoms in total. The lowest BCUT2D eigenvalue weighted by atomic mass is 10.2. The van der Waals surface area contributed by atoms with E-state index in [1.165, 1.54) is 14.0 Å². The summed E-state index contributed by atoms with van der Waals surface area (Å²) in [5.41, 5.74) is 0. The molecule has 1 heterocycles. The first-order chi connectivity index (χ1) is 10.3. The summed E-state index contributed by atoms with van der Waals surface area (Å²) in [6, 6.07) is 2.49. The third kappa shape index (κ3) is 5.82. The van der Waals surface area contributed by atoms with Gasteiger partial charge < -0.3 is 10.1 Å². The molecule has 0 aliphatic heterocycles. The molecule has 1 atom stereocenters. The summed E-state index contributed by atoms with van der Waals surface area (Å²) in [6.45, 7) is 1.33. The minimum Gasteiger partial charge on any atom is -0.453 e. The topological polar surface area (TPSA) is 102 Å². The standard InChI is InChI=1S/C13H15ClN2O5S/c1-7(12(19)16-13(20)15-2)21-11(18)6-3-8(17)9-4-5-10(14)22-9/h4-5,7H,3,6H2,1-2H3,(H2,15,16,19,20)/t7-/m1/s1. The SMILES string of the molecule is CNC(=O)NC(=O)[C@@H](C)OC(=O)CCC(=O)c1ccc(Cl)s1. The molecule has 1 aromatic rings. The Morgan fingerprint density at radius 1 is 1.27 bits per heavy atom. The molecule has 120 valence electrons. The van der Waals surface area contributed by atoms with Crippen molar-refractivity contribution in [2.75, 3.05) is 7.05 Å². The van der Waals surface area contributed by atoms with Gasteiger partial charge in [-0.15, -0.1) is 11.3 Å². The van der Waals surface area contributed by atoms with E-state index in [1.54, 1.807) is 12.1 Å². The Balaban J connectivity index is 2.38. The van der Waals surface area contributed by atoms with Crippen molar-refractivity contribution in [3.8, 4) is 0 Å². The molecule has 0 radical (unpaired) electrons. The lowest BCUT2D eigenvalue weighted by Gasteiger charge is -2.12. The Bertz CT molecular complexity index is 587. The molecule has 2 N–H and O–H groups in total. The molecule has 1 aromatic heterocycles. The first kappa shape index (κ1) is 18.1. The minimum atomic E-state index is -1.13. The zero-order valence-electron chi connectivity index (χ0n) is 12.0. The van der Waals surface area contributed by atoms with Gasteiger partial charge in [-0.3, -0.25) is 19.7 Å².